The van der Waals surface area contributed by atoms with Crippen molar-refractivity contribution in [1.29, 1.82) is 0 Å². The van der Waals surface area contributed by atoms with Crippen LogP contribution in [0.25, 0.3) is 0 Å². The molecule has 0 bridgehead atoms. The molecule has 1 heterocycles. The number of esters is 1. The topological polar surface area (TPSA) is 68.7 Å². The molecule has 92 valence electrons. The third-order valence-corrected chi connectivity index (χ3v) is 2.23. The van der Waals surface area contributed by atoms with Crippen LogP contribution in [0.3, 0.4) is 0 Å². The number of aromatic nitrogens is 1. The first-order valence-corrected chi connectivity index (χ1v) is 5.21. The summed E-state index contributed by atoms with van der Waals surface area (Å²) >= 11 is 0. The number of nitrogens with zero attached hydrogens (tertiary/aromatic N) is 1. The molecule has 2 aromatic rings. The molecule has 0 saturated heterocycles. The van der Waals surface area contributed by atoms with Gasteiger partial charge in [-0.2, -0.15) is 0 Å². The summed E-state index contributed by atoms with van der Waals surface area (Å²) in [6, 6.07) is 9.64. The lowest BCUT2D eigenvalue weighted by Gasteiger charge is -2.08. The van der Waals surface area contributed by atoms with E-state index in [9.17, 15) is 4.79 Å². The molecular formula is C13H11NO4. The van der Waals surface area contributed by atoms with Crippen molar-refractivity contribution >= 4 is 5.97 Å². The monoisotopic (exact) mass is 245 g/mol. The van der Waals surface area contributed by atoms with Crippen molar-refractivity contribution in [2.45, 2.75) is 0 Å². The molecule has 0 radical (unpaired) electrons. The molecule has 5 heteroatoms. The van der Waals surface area contributed by atoms with Gasteiger partial charge in [-0.05, 0) is 18.2 Å². The van der Waals surface area contributed by atoms with Gasteiger partial charge in [-0.25, -0.2) is 9.78 Å². The largest absolute Gasteiger partial charge is 0.506 e. The molecule has 0 saturated carbocycles. The molecule has 1 aromatic carbocycles. The number of carbonyl (C=O) groups is 1. The number of hydrogen-bond donors (Lipinski definition) is 1. The van der Waals surface area contributed by atoms with E-state index in [1.807, 2.05) is 0 Å². The summed E-state index contributed by atoms with van der Waals surface area (Å²) in [5.74, 6) is 0.194. The number of ether oxygens (including phenoxy) is 2. The first-order valence-electron chi connectivity index (χ1n) is 5.21. The molecule has 0 spiro atoms. The molecule has 1 aromatic heterocycles. The van der Waals surface area contributed by atoms with Crippen LogP contribution in [-0.4, -0.2) is 23.2 Å². The fourth-order valence-corrected chi connectivity index (χ4v) is 1.38. The second-order valence-electron chi connectivity index (χ2n) is 3.44. The maximum atomic E-state index is 11.5. The van der Waals surface area contributed by atoms with Crippen LogP contribution in [-0.2, 0) is 4.74 Å². The Bertz CT molecular complexity index is 551. The van der Waals surface area contributed by atoms with Crippen molar-refractivity contribution in [2.75, 3.05) is 7.11 Å². The molecule has 0 aliphatic heterocycles. The van der Waals surface area contributed by atoms with E-state index < -0.39 is 5.97 Å². The predicted molar refractivity (Wildman–Crippen MR) is 63.8 cm³/mol. The number of para-hydroxylation sites is 1. The molecule has 0 unspecified atom stereocenters. The maximum Gasteiger partial charge on any atom is 0.341 e. The van der Waals surface area contributed by atoms with Gasteiger partial charge in [0.1, 0.15) is 17.1 Å². The predicted octanol–water partition coefficient (Wildman–Crippen LogP) is 2.37. The summed E-state index contributed by atoms with van der Waals surface area (Å²) in [6.45, 7) is 0. The fourth-order valence-electron chi connectivity index (χ4n) is 1.38. The first kappa shape index (κ1) is 11.9. The molecule has 5 nitrogen and oxygen atoms in total. The van der Waals surface area contributed by atoms with E-state index in [0.29, 0.717) is 11.3 Å². The summed E-state index contributed by atoms with van der Waals surface area (Å²) in [5.41, 5.74) is 0.315. The van der Waals surface area contributed by atoms with Gasteiger partial charge in [-0.3, -0.25) is 0 Å². The highest BCUT2D eigenvalue weighted by Gasteiger charge is 2.13. The van der Waals surface area contributed by atoms with Gasteiger partial charge in [-0.1, -0.05) is 12.1 Å². The maximum absolute atomic E-state index is 11.5. The minimum absolute atomic E-state index is 0.0450. The van der Waals surface area contributed by atoms with E-state index in [-0.39, 0.29) is 11.6 Å². The van der Waals surface area contributed by atoms with E-state index in [0.717, 1.165) is 0 Å². The highest BCUT2D eigenvalue weighted by atomic mass is 16.5. The molecule has 0 fully saturated rings. The van der Waals surface area contributed by atoms with Gasteiger partial charge < -0.3 is 14.6 Å². The smallest absolute Gasteiger partial charge is 0.341 e. The Labute approximate surface area is 104 Å². The van der Waals surface area contributed by atoms with E-state index in [1.54, 1.807) is 24.3 Å². The number of pyridine rings is 1. The number of aromatic hydroxyl groups is 1. The summed E-state index contributed by atoms with van der Waals surface area (Å²) in [5, 5.41) is 9.11. The van der Waals surface area contributed by atoms with Gasteiger partial charge in [0, 0.05) is 6.07 Å². The van der Waals surface area contributed by atoms with E-state index in [1.165, 1.54) is 25.4 Å². The summed E-state index contributed by atoms with van der Waals surface area (Å²) < 4.78 is 10.1. The summed E-state index contributed by atoms with van der Waals surface area (Å²) in [7, 11) is 1.30. The molecule has 18 heavy (non-hydrogen) atoms. The Balaban J connectivity index is 2.28. The van der Waals surface area contributed by atoms with Gasteiger partial charge >= 0.3 is 5.97 Å². The minimum atomic E-state index is -0.482. The lowest BCUT2D eigenvalue weighted by atomic mass is 10.2. The third kappa shape index (κ3) is 2.57. The Morgan fingerprint density at radius 2 is 2.00 bits per heavy atom. The zero-order chi connectivity index (χ0) is 13.0. The Morgan fingerprint density at radius 3 is 2.67 bits per heavy atom. The SMILES string of the molecule is COC(=O)c1ccccc1Oc1ccc(O)cn1. The van der Waals surface area contributed by atoms with Crippen molar-refractivity contribution in [3.63, 3.8) is 0 Å². The second-order valence-corrected chi connectivity index (χ2v) is 3.44. The van der Waals surface area contributed by atoms with Crippen LogP contribution in [0.2, 0.25) is 0 Å². The molecule has 0 atom stereocenters. The van der Waals surface area contributed by atoms with Crippen molar-refractivity contribution in [3.05, 3.63) is 48.2 Å². The third-order valence-electron chi connectivity index (χ3n) is 2.23. The zero-order valence-corrected chi connectivity index (χ0v) is 9.66. The Morgan fingerprint density at radius 1 is 1.22 bits per heavy atom. The van der Waals surface area contributed by atoms with Crippen LogP contribution >= 0.6 is 0 Å². The molecule has 0 aliphatic carbocycles. The first-order chi connectivity index (χ1) is 8.70. The van der Waals surface area contributed by atoms with E-state index >= 15 is 0 Å². The van der Waals surface area contributed by atoms with E-state index in [4.69, 9.17) is 9.84 Å². The normalized spacial score (nSPS) is 9.83. The van der Waals surface area contributed by atoms with Gasteiger partial charge in [0.15, 0.2) is 0 Å². The summed E-state index contributed by atoms with van der Waals surface area (Å²) in [4.78, 5) is 15.4. The minimum Gasteiger partial charge on any atom is -0.506 e. The van der Waals surface area contributed by atoms with Crippen LogP contribution in [0.15, 0.2) is 42.6 Å². The molecule has 0 amide bonds. The molecule has 2 rings (SSSR count). The fraction of sp³-hybridized carbons (Fsp3) is 0.0769. The lowest BCUT2D eigenvalue weighted by molar-refractivity contribution is 0.0598. The summed E-state index contributed by atoms with van der Waals surface area (Å²) in [6.07, 6.45) is 1.26. The van der Waals surface area contributed by atoms with Crippen LogP contribution in [0.5, 0.6) is 17.4 Å². The Hall–Kier alpha value is -2.56. The molecule has 1 N–H and O–H groups in total. The lowest BCUT2D eigenvalue weighted by Crippen LogP contribution is -2.03. The molecular weight excluding hydrogens is 234 g/mol. The highest BCUT2D eigenvalue weighted by molar-refractivity contribution is 5.92. The van der Waals surface area contributed by atoms with Gasteiger partial charge in [-0.15, -0.1) is 0 Å². The standard InChI is InChI=1S/C13H11NO4/c1-17-13(16)10-4-2-3-5-11(10)18-12-7-6-9(15)8-14-12/h2-8,15H,1H3. The average molecular weight is 245 g/mol. The highest BCUT2D eigenvalue weighted by Crippen LogP contribution is 2.25. The average Bonchev–Trinajstić information content (AvgIpc) is 2.41. The molecule has 0 aliphatic rings. The van der Waals surface area contributed by atoms with Crippen LogP contribution in [0.4, 0.5) is 0 Å². The number of hydrogen-bond acceptors (Lipinski definition) is 5. The van der Waals surface area contributed by atoms with Gasteiger partial charge in [0.05, 0.1) is 13.3 Å². The van der Waals surface area contributed by atoms with Crippen LogP contribution in [0, 0.1) is 0 Å². The Kier molecular flexibility index (Phi) is 3.43. The van der Waals surface area contributed by atoms with Crippen molar-refractivity contribution < 1.29 is 19.4 Å². The van der Waals surface area contributed by atoms with Gasteiger partial charge in [0.25, 0.3) is 0 Å². The van der Waals surface area contributed by atoms with Crippen molar-refractivity contribution in [3.8, 4) is 17.4 Å². The van der Waals surface area contributed by atoms with E-state index in [2.05, 4.69) is 9.72 Å². The van der Waals surface area contributed by atoms with Crippen molar-refractivity contribution in [1.82, 2.24) is 4.98 Å². The number of benzene rings is 1. The number of methoxy groups -OCH3 is 1. The zero-order valence-electron chi connectivity index (χ0n) is 9.66. The quantitative estimate of drug-likeness (QED) is 0.841. The number of rotatable bonds is 3. The van der Waals surface area contributed by atoms with Crippen molar-refractivity contribution in [2.24, 2.45) is 0 Å². The van der Waals surface area contributed by atoms with Crippen LogP contribution < -0.4 is 4.74 Å². The van der Waals surface area contributed by atoms with Crippen LogP contribution in [0.1, 0.15) is 10.4 Å². The van der Waals surface area contributed by atoms with Gasteiger partial charge in [0.2, 0.25) is 5.88 Å². The number of carbonyl (C=O) groups excluding carboxylic acids is 1. The second kappa shape index (κ2) is 5.18.